The molecule has 0 fully saturated rings. The first kappa shape index (κ1) is 11.3. The van der Waals surface area contributed by atoms with Crippen LogP contribution >= 0.6 is 45.2 Å². The Labute approximate surface area is 104 Å². The molecule has 72 valence electrons. The predicted octanol–water partition coefficient (Wildman–Crippen LogP) is 2.49. The minimum atomic E-state index is -0.834. The molecule has 0 atom stereocenters. The predicted molar refractivity (Wildman–Crippen MR) is 67.2 cm³/mol. The molecule has 0 saturated carbocycles. The second kappa shape index (κ2) is 4.16. The fraction of sp³-hybridized carbons (Fsp3) is 0.375. The van der Waals surface area contributed by atoms with Gasteiger partial charge in [0.25, 0.3) is 0 Å². The highest BCUT2D eigenvalue weighted by molar-refractivity contribution is 14.1. The third-order valence-electron chi connectivity index (χ3n) is 1.91. The van der Waals surface area contributed by atoms with Crippen LogP contribution in [0, 0.1) is 7.40 Å². The molecule has 13 heavy (non-hydrogen) atoms. The fourth-order valence-corrected chi connectivity index (χ4v) is 3.38. The molecule has 0 amide bonds. The standard InChI is InChI=1S/C8H9I2NO2/c1-3-4-5(8(12)13)7(10)11(2)6(4)9/h3H2,1-2H3,(H,12,13). The maximum absolute atomic E-state index is 10.9. The summed E-state index contributed by atoms with van der Waals surface area (Å²) in [5.41, 5.74) is 1.38. The van der Waals surface area contributed by atoms with E-state index in [1.165, 1.54) is 0 Å². The van der Waals surface area contributed by atoms with E-state index in [1.807, 2.05) is 18.5 Å². The summed E-state index contributed by atoms with van der Waals surface area (Å²) in [7, 11) is 1.88. The van der Waals surface area contributed by atoms with Gasteiger partial charge in [-0.2, -0.15) is 0 Å². The number of carboxylic acid groups (broad SMARTS) is 1. The van der Waals surface area contributed by atoms with Gasteiger partial charge >= 0.3 is 5.97 Å². The molecule has 0 radical (unpaired) electrons. The molecule has 0 spiro atoms. The molecule has 0 aliphatic carbocycles. The third-order valence-corrected chi connectivity index (χ3v) is 4.55. The number of carbonyl (C=O) groups is 1. The Morgan fingerprint density at radius 1 is 1.46 bits per heavy atom. The summed E-state index contributed by atoms with van der Waals surface area (Å²) >= 11 is 4.25. The highest BCUT2D eigenvalue weighted by atomic mass is 127. The third kappa shape index (κ3) is 1.85. The molecule has 0 aromatic carbocycles. The highest BCUT2D eigenvalue weighted by Gasteiger charge is 2.21. The molecule has 0 bridgehead atoms. The molecular weight excluding hydrogens is 396 g/mol. The summed E-state index contributed by atoms with van der Waals surface area (Å²) in [4.78, 5) is 10.9. The lowest BCUT2D eigenvalue weighted by atomic mass is 10.1. The van der Waals surface area contributed by atoms with E-state index in [0.717, 1.165) is 19.4 Å². The number of halogens is 2. The van der Waals surface area contributed by atoms with Crippen LogP contribution in [0.4, 0.5) is 0 Å². The first-order valence-electron chi connectivity index (χ1n) is 3.76. The van der Waals surface area contributed by atoms with Gasteiger partial charge in [-0.1, -0.05) is 6.92 Å². The van der Waals surface area contributed by atoms with Gasteiger partial charge in [0, 0.05) is 7.05 Å². The van der Waals surface area contributed by atoms with E-state index in [2.05, 4.69) is 45.2 Å². The van der Waals surface area contributed by atoms with E-state index < -0.39 is 5.97 Å². The normalized spacial score (nSPS) is 10.5. The second-order valence-electron chi connectivity index (χ2n) is 2.65. The molecule has 1 N–H and O–H groups in total. The first-order chi connectivity index (χ1) is 6.00. The molecule has 5 heteroatoms. The van der Waals surface area contributed by atoms with Crippen LogP contribution in [0.2, 0.25) is 0 Å². The summed E-state index contributed by atoms with van der Waals surface area (Å²) < 4.78 is 3.72. The maximum Gasteiger partial charge on any atom is 0.338 e. The lowest BCUT2D eigenvalue weighted by Gasteiger charge is -1.95. The van der Waals surface area contributed by atoms with Crippen molar-refractivity contribution >= 4 is 51.2 Å². The average Bonchev–Trinajstić information content (AvgIpc) is 2.29. The Balaban J connectivity index is 3.48. The monoisotopic (exact) mass is 405 g/mol. The van der Waals surface area contributed by atoms with Gasteiger partial charge in [0.05, 0.1) is 13.0 Å². The van der Waals surface area contributed by atoms with Crippen molar-refractivity contribution in [3.63, 3.8) is 0 Å². The smallest absolute Gasteiger partial charge is 0.338 e. The Bertz CT molecular complexity index is 358. The van der Waals surface area contributed by atoms with Crippen LogP contribution in [0.15, 0.2) is 0 Å². The topological polar surface area (TPSA) is 42.2 Å². The van der Waals surface area contributed by atoms with Crippen molar-refractivity contribution in [2.45, 2.75) is 13.3 Å². The van der Waals surface area contributed by atoms with E-state index in [-0.39, 0.29) is 0 Å². The molecule has 0 saturated heterocycles. The number of carboxylic acids is 1. The van der Waals surface area contributed by atoms with Crippen molar-refractivity contribution in [3.05, 3.63) is 18.5 Å². The van der Waals surface area contributed by atoms with Crippen LogP contribution in [0.3, 0.4) is 0 Å². The molecule has 0 aliphatic heterocycles. The van der Waals surface area contributed by atoms with Crippen molar-refractivity contribution in [1.29, 1.82) is 0 Å². The van der Waals surface area contributed by atoms with Gasteiger partial charge in [-0.3, -0.25) is 0 Å². The van der Waals surface area contributed by atoms with E-state index in [1.54, 1.807) is 0 Å². The van der Waals surface area contributed by atoms with Gasteiger partial charge in [-0.05, 0) is 57.2 Å². The van der Waals surface area contributed by atoms with Gasteiger partial charge in [-0.25, -0.2) is 4.79 Å². The number of hydrogen-bond acceptors (Lipinski definition) is 1. The summed E-state index contributed by atoms with van der Waals surface area (Å²) in [6.45, 7) is 1.97. The average molecular weight is 405 g/mol. The number of hydrogen-bond donors (Lipinski definition) is 1. The van der Waals surface area contributed by atoms with Crippen LogP contribution < -0.4 is 0 Å². The molecule has 3 nitrogen and oxygen atoms in total. The molecule has 1 rings (SSSR count). The van der Waals surface area contributed by atoms with E-state index >= 15 is 0 Å². The minimum Gasteiger partial charge on any atom is -0.478 e. The summed E-state index contributed by atoms with van der Waals surface area (Å²) in [6, 6.07) is 0. The summed E-state index contributed by atoms with van der Waals surface area (Å²) in [5, 5.41) is 8.99. The lowest BCUT2D eigenvalue weighted by molar-refractivity contribution is 0.0694. The Morgan fingerprint density at radius 2 is 2.00 bits per heavy atom. The molecule has 1 aromatic rings. The van der Waals surface area contributed by atoms with Crippen molar-refractivity contribution in [3.8, 4) is 0 Å². The van der Waals surface area contributed by atoms with Crippen LogP contribution in [-0.4, -0.2) is 15.6 Å². The van der Waals surface area contributed by atoms with Crippen LogP contribution in [0.1, 0.15) is 22.8 Å². The van der Waals surface area contributed by atoms with Gasteiger partial charge in [0.15, 0.2) is 0 Å². The lowest BCUT2D eigenvalue weighted by Crippen LogP contribution is -2.01. The largest absolute Gasteiger partial charge is 0.478 e. The molecular formula is C8H9I2NO2. The highest BCUT2D eigenvalue weighted by Crippen LogP contribution is 2.25. The molecule has 0 unspecified atom stereocenters. The van der Waals surface area contributed by atoms with E-state index in [4.69, 9.17) is 5.11 Å². The number of aromatic carboxylic acids is 1. The van der Waals surface area contributed by atoms with Crippen LogP contribution in [0.25, 0.3) is 0 Å². The minimum absolute atomic E-state index is 0.454. The van der Waals surface area contributed by atoms with Crippen LogP contribution in [-0.2, 0) is 13.5 Å². The first-order valence-corrected chi connectivity index (χ1v) is 5.92. The van der Waals surface area contributed by atoms with Crippen molar-refractivity contribution < 1.29 is 9.90 Å². The molecule has 1 aromatic heterocycles. The zero-order valence-electron chi connectivity index (χ0n) is 7.27. The SMILES string of the molecule is CCc1c(C(=O)O)c(I)n(C)c1I. The van der Waals surface area contributed by atoms with Gasteiger partial charge in [-0.15, -0.1) is 0 Å². The molecule has 0 aliphatic rings. The van der Waals surface area contributed by atoms with E-state index in [9.17, 15) is 4.79 Å². The molecule has 1 heterocycles. The van der Waals surface area contributed by atoms with E-state index in [0.29, 0.717) is 5.56 Å². The zero-order chi connectivity index (χ0) is 10.2. The number of rotatable bonds is 2. The Hall–Kier alpha value is 0.210. The number of nitrogens with zero attached hydrogens (tertiary/aromatic N) is 1. The maximum atomic E-state index is 10.9. The van der Waals surface area contributed by atoms with Crippen molar-refractivity contribution in [2.24, 2.45) is 7.05 Å². The summed E-state index contributed by atoms with van der Waals surface area (Å²) in [6.07, 6.45) is 0.761. The second-order valence-corrected chi connectivity index (χ2v) is 4.70. The fourth-order valence-electron chi connectivity index (χ4n) is 1.22. The van der Waals surface area contributed by atoms with Gasteiger partial charge < -0.3 is 9.67 Å². The Morgan fingerprint density at radius 3 is 2.31 bits per heavy atom. The zero-order valence-corrected chi connectivity index (χ0v) is 11.6. The quantitative estimate of drug-likeness (QED) is 0.769. The number of aromatic nitrogens is 1. The van der Waals surface area contributed by atoms with Crippen LogP contribution in [0.5, 0.6) is 0 Å². The summed E-state index contributed by atoms with van der Waals surface area (Å²) in [5.74, 6) is -0.834. The van der Waals surface area contributed by atoms with Crippen molar-refractivity contribution in [1.82, 2.24) is 4.57 Å². The van der Waals surface area contributed by atoms with Gasteiger partial charge in [0.2, 0.25) is 0 Å². The Kier molecular flexibility index (Phi) is 3.61. The van der Waals surface area contributed by atoms with Gasteiger partial charge in [0.1, 0.15) is 0 Å². The van der Waals surface area contributed by atoms with Crippen molar-refractivity contribution in [2.75, 3.05) is 0 Å².